The van der Waals surface area contributed by atoms with Crippen LogP contribution < -0.4 is 19.7 Å². The van der Waals surface area contributed by atoms with Crippen molar-refractivity contribution in [3.63, 3.8) is 0 Å². The lowest BCUT2D eigenvalue weighted by Gasteiger charge is -2.19. The van der Waals surface area contributed by atoms with Crippen LogP contribution in [0.2, 0.25) is 0 Å². The van der Waals surface area contributed by atoms with Gasteiger partial charge < -0.3 is 19.7 Å². The average molecular weight is 368 g/mol. The van der Waals surface area contributed by atoms with Crippen LogP contribution in [0.5, 0.6) is 11.5 Å². The van der Waals surface area contributed by atoms with Gasteiger partial charge in [0.1, 0.15) is 0 Å². The number of rotatable bonds is 8. The van der Waals surface area contributed by atoms with Crippen molar-refractivity contribution in [2.75, 3.05) is 25.2 Å². The molecule has 1 amide bonds. The van der Waals surface area contributed by atoms with Crippen LogP contribution in [0.25, 0.3) is 0 Å². The summed E-state index contributed by atoms with van der Waals surface area (Å²) >= 11 is 0. The smallest absolute Gasteiger partial charge is 0.227 e. The van der Waals surface area contributed by atoms with E-state index in [4.69, 9.17) is 9.47 Å². The summed E-state index contributed by atoms with van der Waals surface area (Å²) in [5, 5.41) is 3.54. The van der Waals surface area contributed by atoms with Crippen LogP contribution in [0, 0.1) is 0 Å². The van der Waals surface area contributed by atoms with Crippen LogP contribution >= 0.6 is 0 Å². The molecule has 1 unspecified atom stereocenters. The Balaban J connectivity index is 1.61. The van der Waals surface area contributed by atoms with Gasteiger partial charge in [-0.2, -0.15) is 0 Å². The number of hydrogen-bond acceptors (Lipinski definition) is 4. The molecule has 1 saturated heterocycles. The quantitative estimate of drug-likeness (QED) is 0.763. The van der Waals surface area contributed by atoms with Crippen LogP contribution in [0.1, 0.15) is 43.9 Å². The molecule has 1 N–H and O–H groups in total. The second-order valence-corrected chi connectivity index (χ2v) is 6.76. The zero-order valence-corrected chi connectivity index (χ0v) is 16.3. The normalized spacial score (nSPS) is 15.1. The van der Waals surface area contributed by atoms with Gasteiger partial charge in [0.15, 0.2) is 11.5 Å². The maximum Gasteiger partial charge on any atom is 0.227 e. The second kappa shape index (κ2) is 8.91. The molecule has 1 fully saturated rings. The van der Waals surface area contributed by atoms with Crippen molar-refractivity contribution in [2.24, 2.45) is 0 Å². The summed E-state index contributed by atoms with van der Waals surface area (Å²) in [5.41, 5.74) is 3.33. The Morgan fingerprint density at radius 2 is 1.93 bits per heavy atom. The van der Waals surface area contributed by atoms with Crippen molar-refractivity contribution in [3.8, 4) is 11.5 Å². The van der Waals surface area contributed by atoms with E-state index in [0.717, 1.165) is 42.3 Å². The first-order valence-corrected chi connectivity index (χ1v) is 9.55. The van der Waals surface area contributed by atoms with E-state index in [1.165, 1.54) is 5.56 Å². The van der Waals surface area contributed by atoms with Crippen LogP contribution in [0.15, 0.2) is 42.5 Å². The summed E-state index contributed by atoms with van der Waals surface area (Å²) in [5.74, 6) is 1.74. The van der Waals surface area contributed by atoms with E-state index in [1.54, 1.807) is 7.11 Å². The average Bonchev–Trinajstić information content (AvgIpc) is 3.12. The van der Waals surface area contributed by atoms with E-state index in [9.17, 15) is 4.79 Å². The lowest BCUT2D eigenvalue weighted by atomic mass is 10.1. The first kappa shape index (κ1) is 19.2. The lowest BCUT2D eigenvalue weighted by Crippen LogP contribution is -2.23. The number of hydrogen-bond donors (Lipinski definition) is 1. The standard InChI is InChI=1S/C22H28N2O3/c1-4-27-21-14-17(7-12-20(21)26-3)15-23-16(2)18-8-10-19(11-9-18)24-13-5-6-22(24)25/h7-12,14,16,23H,4-6,13,15H2,1-3H3. The molecule has 0 aliphatic carbocycles. The van der Waals surface area contributed by atoms with Gasteiger partial charge in [-0.05, 0) is 55.7 Å². The number of ether oxygens (including phenoxy) is 2. The summed E-state index contributed by atoms with van der Waals surface area (Å²) in [6, 6.07) is 14.5. The number of carbonyl (C=O) groups is 1. The van der Waals surface area contributed by atoms with Gasteiger partial charge in [0, 0.05) is 31.2 Å². The van der Waals surface area contributed by atoms with E-state index in [0.29, 0.717) is 13.0 Å². The summed E-state index contributed by atoms with van der Waals surface area (Å²) in [7, 11) is 1.65. The maximum absolute atomic E-state index is 11.9. The molecule has 3 rings (SSSR count). The zero-order valence-electron chi connectivity index (χ0n) is 16.3. The predicted molar refractivity (Wildman–Crippen MR) is 107 cm³/mol. The molecule has 0 bridgehead atoms. The van der Waals surface area contributed by atoms with Crippen LogP contribution in [0.3, 0.4) is 0 Å². The molecule has 2 aromatic carbocycles. The molecule has 0 aromatic heterocycles. The summed E-state index contributed by atoms with van der Waals surface area (Å²) in [6.07, 6.45) is 1.61. The highest BCUT2D eigenvalue weighted by Crippen LogP contribution is 2.28. The molecule has 5 nitrogen and oxygen atoms in total. The number of anilines is 1. The zero-order chi connectivity index (χ0) is 19.2. The minimum Gasteiger partial charge on any atom is -0.493 e. The molecule has 27 heavy (non-hydrogen) atoms. The molecule has 5 heteroatoms. The monoisotopic (exact) mass is 368 g/mol. The number of nitrogens with zero attached hydrogens (tertiary/aromatic N) is 1. The highest BCUT2D eigenvalue weighted by molar-refractivity contribution is 5.95. The van der Waals surface area contributed by atoms with Gasteiger partial charge in [0.2, 0.25) is 5.91 Å². The second-order valence-electron chi connectivity index (χ2n) is 6.76. The summed E-state index contributed by atoms with van der Waals surface area (Å²) in [4.78, 5) is 13.7. The fourth-order valence-corrected chi connectivity index (χ4v) is 3.35. The van der Waals surface area contributed by atoms with Gasteiger partial charge in [0.25, 0.3) is 0 Å². The molecule has 144 valence electrons. The minimum atomic E-state index is 0.200. The van der Waals surface area contributed by atoms with E-state index in [-0.39, 0.29) is 11.9 Å². The summed E-state index contributed by atoms with van der Waals surface area (Å²) < 4.78 is 11.0. The number of methoxy groups -OCH3 is 1. The number of nitrogens with one attached hydrogen (secondary N) is 1. The fraction of sp³-hybridized carbons (Fsp3) is 0.409. The largest absolute Gasteiger partial charge is 0.493 e. The molecule has 1 heterocycles. The fourth-order valence-electron chi connectivity index (χ4n) is 3.35. The Bertz CT molecular complexity index is 774. The Hall–Kier alpha value is -2.53. The maximum atomic E-state index is 11.9. The number of amides is 1. The van der Waals surface area contributed by atoms with Crippen molar-refractivity contribution < 1.29 is 14.3 Å². The van der Waals surface area contributed by atoms with E-state index >= 15 is 0 Å². The third kappa shape index (κ3) is 4.61. The van der Waals surface area contributed by atoms with Gasteiger partial charge in [-0.25, -0.2) is 0 Å². The van der Waals surface area contributed by atoms with Gasteiger partial charge >= 0.3 is 0 Å². The first-order valence-electron chi connectivity index (χ1n) is 9.55. The van der Waals surface area contributed by atoms with Crippen LogP contribution in [-0.4, -0.2) is 26.2 Å². The third-order valence-electron chi connectivity index (χ3n) is 4.92. The van der Waals surface area contributed by atoms with Gasteiger partial charge in [-0.15, -0.1) is 0 Å². The van der Waals surface area contributed by atoms with Crippen molar-refractivity contribution in [2.45, 2.75) is 39.3 Å². The first-order chi connectivity index (χ1) is 13.1. The van der Waals surface area contributed by atoms with Crippen molar-refractivity contribution in [1.29, 1.82) is 0 Å². The van der Waals surface area contributed by atoms with Crippen LogP contribution in [-0.2, 0) is 11.3 Å². The Kier molecular flexibility index (Phi) is 6.35. The van der Waals surface area contributed by atoms with Gasteiger partial charge in [-0.3, -0.25) is 4.79 Å². The Morgan fingerprint density at radius 3 is 2.56 bits per heavy atom. The molecule has 1 aliphatic rings. The SMILES string of the molecule is CCOc1cc(CNC(C)c2ccc(N3CCCC3=O)cc2)ccc1OC. The van der Waals surface area contributed by atoms with E-state index in [1.807, 2.05) is 42.2 Å². The number of benzene rings is 2. The summed E-state index contributed by atoms with van der Waals surface area (Å²) in [6.45, 7) is 6.27. The lowest BCUT2D eigenvalue weighted by molar-refractivity contribution is -0.117. The highest BCUT2D eigenvalue weighted by atomic mass is 16.5. The topological polar surface area (TPSA) is 50.8 Å². The van der Waals surface area contributed by atoms with E-state index < -0.39 is 0 Å². The molecular weight excluding hydrogens is 340 g/mol. The van der Waals surface area contributed by atoms with Gasteiger partial charge in [0.05, 0.1) is 13.7 Å². The molecule has 0 spiro atoms. The highest BCUT2D eigenvalue weighted by Gasteiger charge is 2.21. The van der Waals surface area contributed by atoms with Crippen LogP contribution in [0.4, 0.5) is 5.69 Å². The minimum absolute atomic E-state index is 0.200. The van der Waals surface area contributed by atoms with Crippen molar-refractivity contribution >= 4 is 11.6 Å². The molecule has 0 radical (unpaired) electrons. The Morgan fingerprint density at radius 1 is 1.15 bits per heavy atom. The van der Waals surface area contributed by atoms with E-state index in [2.05, 4.69) is 24.4 Å². The molecule has 1 aliphatic heterocycles. The molecule has 0 saturated carbocycles. The number of carbonyl (C=O) groups excluding carboxylic acids is 1. The molecular formula is C22H28N2O3. The predicted octanol–water partition coefficient (Wildman–Crippen LogP) is 4.07. The molecule has 2 aromatic rings. The Labute approximate surface area is 161 Å². The third-order valence-corrected chi connectivity index (χ3v) is 4.92. The van der Waals surface area contributed by atoms with Crippen molar-refractivity contribution in [1.82, 2.24) is 5.32 Å². The van der Waals surface area contributed by atoms with Gasteiger partial charge in [-0.1, -0.05) is 18.2 Å². The molecule has 1 atom stereocenters. The van der Waals surface area contributed by atoms with Crippen molar-refractivity contribution in [3.05, 3.63) is 53.6 Å².